The van der Waals surface area contributed by atoms with Crippen molar-refractivity contribution in [2.75, 3.05) is 0 Å². The van der Waals surface area contributed by atoms with Gasteiger partial charge in [-0.15, -0.1) is 0 Å². The molecule has 4 rings (SSSR count). The van der Waals surface area contributed by atoms with E-state index in [1.165, 1.54) is 9.13 Å². The molecular weight excluding hydrogens is 376 g/mol. The summed E-state index contributed by atoms with van der Waals surface area (Å²) >= 11 is 6.00. The van der Waals surface area contributed by atoms with Gasteiger partial charge in [-0.25, -0.2) is 14.3 Å². The highest BCUT2D eigenvalue weighted by molar-refractivity contribution is 6.30. The summed E-state index contributed by atoms with van der Waals surface area (Å²) in [5, 5.41) is 0.574. The van der Waals surface area contributed by atoms with E-state index >= 15 is 0 Å². The first-order valence-corrected chi connectivity index (χ1v) is 9.48. The van der Waals surface area contributed by atoms with E-state index in [4.69, 9.17) is 11.6 Å². The minimum absolute atomic E-state index is 0.292. The molecule has 0 aliphatic heterocycles. The fourth-order valence-corrected chi connectivity index (χ4v) is 3.45. The van der Waals surface area contributed by atoms with E-state index in [0.717, 1.165) is 5.56 Å². The lowest BCUT2D eigenvalue weighted by atomic mass is 10.1. The first-order chi connectivity index (χ1) is 13.6. The van der Waals surface area contributed by atoms with Crippen molar-refractivity contribution in [3.63, 3.8) is 0 Å². The lowest BCUT2D eigenvalue weighted by Crippen LogP contribution is -2.40. The molecule has 0 atom stereocenters. The quantitative estimate of drug-likeness (QED) is 0.522. The SMILES string of the molecule is CCn1cnc2c1c(=O)n(CCc1ccccc1)c(=O)n2-c1ccc(Cl)cc1. The van der Waals surface area contributed by atoms with Crippen molar-refractivity contribution in [1.82, 2.24) is 18.7 Å². The average molecular weight is 395 g/mol. The van der Waals surface area contributed by atoms with Crippen LogP contribution >= 0.6 is 11.6 Å². The molecule has 2 aromatic carbocycles. The molecule has 7 heteroatoms. The third-order valence-electron chi connectivity index (χ3n) is 4.79. The van der Waals surface area contributed by atoms with Crippen LogP contribution < -0.4 is 11.2 Å². The maximum absolute atomic E-state index is 13.3. The Morgan fingerprint density at radius 2 is 1.71 bits per heavy atom. The maximum Gasteiger partial charge on any atom is 0.337 e. The van der Waals surface area contributed by atoms with Gasteiger partial charge < -0.3 is 4.57 Å². The van der Waals surface area contributed by atoms with E-state index in [9.17, 15) is 9.59 Å². The molecule has 0 radical (unpaired) electrons. The van der Waals surface area contributed by atoms with Gasteiger partial charge in [0.2, 0.25) is 0 Å². The number of hydrogen-bond acceptors (Lipinski definition) is 3. The summed E-state index contributed by atoms with van der Waals surface area (Å²) in [6.45, 7) is 2.82. The van der Waals surface area contributed by atoms with Crippen LogP contribution in [0.1, 0.15) is 12.5 Å². The van der Waals surface area contributed by atoms with E-state index < -0.39 is 5.69 Å². The largest absolute Gasteiger partial charge is 0.337 e. The average Bonchev–Trinajstić information content (AvgIpc) is 3.14. The summed E-state index contributed by atoms with van der Waals surface area (Å²) in [4.78, 5) is 30.7. The smallest absolute Gasteiger partial charge is 0.325 e. The Morgan fingerprint density at radius 1 is 1.00 bits per heavy atom. The maximum atomic E-state index is 13.3. The van der Waals surface area contributed by atoms with Crippen molar-refractivity contribution in [1.29, 1.82) is 0 Å². The Morgan fingerprint density at radius 3 is 2.39 bits per heavy atom. The second kappa shape index (κ2) is 7.48. The Balaban J connectivity index is 1.93. The molecular formula is C21H19ClN4O2. The lowest BCUT2D eigenvalue weighted by Gasteiger charge is -2.12. The fourth-order valence-electron chi connectivity index (χ4n) is 3.33. The van der Waals surface area contributed by atoms with E-state index in [2.05, 4.69) is 4.98 Å². The van der Waals surface area contributed by atoms with Crippen LogP contribution in [0.15, 0.2) is 70.5 Å². The molecule has 0 saturated carbocycles. The van der Waals surface area contributed by atoms with Crippen LogP contribution in [0.25, 0.3) is 16.9 Å². The van der Waals surface area contributed by atoms with Gasteiger partial charge in [0.15, 0.2) is 11.2 Å². The number of hydrogen-bond donors (Lipinski definition) is 0. The van der Waals surface area contributed by atoms with Crippen LogP contribution in [0.5, 0.6) is 0 Å². The zero-order valence-corrected chi connectivity index (χ0v) is 16.1. The molecule has 0 aliphatic carbocycles. The highest BCUT2D eigenvalue weighted by Crippen LogP contribution is 2.16. The number of halogens is 1. The standard InChI is InChI=1S/C21H19ClN4O2/c1-2-24-14-23-19-18(24)20(27)25(13-12-15-6-4-3-5-7-15)21(28)26(19)17-10-8-16(22)9-11-17/h3-11,14H,2,12-13H2,1H3. The van der Waals surface area contributed by atoms with E-state index in [1.807, 2.05) is 37.3 Å². The first kappa shape index (κ1) is 18.3. The molecule has 142 valence electrons. The van der Waals surface area contributed by atoms with Gasteiger partial charge in [0.25, 0.3) is 5.56 Å². The van der Waals surface area contributed by atoms with Gasteiger partial charge in [-0.05, 0) is 43.2 Å². The highest BCUT2D eigenvalue weighted by atomic mass is 35.5. The Bertz CT molecular complexity index is 1240. The molecule has 0 amide bonds. The molecule has 0 unspecified atom stereocenters. The van der Waals surface area contributed by atoms with Crippen molar-refractivity contribution in [2.45, 2.75) is 26.4 Å². The molecule has 0 saturated heterocycles. The molecule has 0 N–H and O–H groups in total. The minimum atomic E-state index is -0.405. The number of imidazole rings is 1. The number of nitrogens with zero attached hydrogens (tertiary/aromatic N) is 4. The van der Waals surface area contributed by atoms with Gasteiger partial charge in [-0.1, -0.05) is 41.9 Å². The summed E-state index contributed by atoms with van der Waals surface area (Å²) in [7, 11) is 0. The zero-order chi connectivity index (χ0) is 19.7. The third kappa shape index (κ3) is 3.16. The number of aromatic nitrogens is 4. The van der Waals surface area contributed by atoms with Gasteiger partial charge in [0.1, 0.15) is 0 Å². The monoisotopic (exact) mass is 394 g/mol. The summed E-state index contributed by atoms with van der Waals surface area (Å²) in [6, 6.07) is 16.7. The molecule has 4 aromatic rings. The molecule has 0 spiro atoms. The van der Waals surface area contributed by atoms with Crippen molar-refractivity contribution >= 4 is 22.8 Å². The van der Waals surface area contributed by atoms with Crippen molar-refractivity contribution in [3.05, 3.63) is 92.3 Å². The van der Waals surface area contributed by atoms with E-state index in [-0.39, 0.29) is 5.56 Å². The highest BCUT2D eigenvalue weighted by Gasteiger charge is 2.18. The van der Waals surface area contributed by atoms with Crippen LogP contribution in [-0.4, -0.2) is 18.7 Å². The minimum Gasteiger partial charge on any atom is -0.325 e. The summed E-state index contributed by atoms with van der Waals surface area (Å²) < 4.78 is 4.53. The Kier molecular flexibility index (Phi) is 4.88. The van der Waals surface area contributed by atoms with Gasteiger partial charge >= 0.3 is 5.69 Å². The number of aryl methyl sites for hydroxylation is 2. The van der Waals surface area contributed by atoms with Crippen molar-refractivity contribution in [3.8, 4) is 5.69 Å². The number of benzene rings is 2. The second-order valence-corrected chi connectivity index (χ2v) is 6.93. The van der Waals surface area contributed by atoms with Crippen LogP contribution in [0.3, 0.4) is 0 Å². The van der Waals surface area contributed by atoms with E-state index in [1.54, 1.807) is 35.2 Å². The van der Waals surface area contributed by atoms with Crippen molar-refractivity contribution < 1.29 is 0 Å². The Hall–Kier alpha value is -3.12. The van der Waals surface area contributed by atoms with Gasteiger partial charge in [-0.2, -0.15) is 0 Å². The topological polar surface area (TPSA) is 61.8 Å². The molecule has 0 fully saturated rings. The molecule has 28 heavy (non-hydrogen) atoms. The summed E-state index contributed by atoms with van der Waals surface area (Å²) in [5.41, 5.74) is 1.74. The predicted molar refractivity (Wildman–Crippen MR) is 110 cm³/mol. The van der Waals surface area contributed by atoms with Crippen LogP contribution in [0.4, 0.5) is 0 Å². The molecule has 2 aromatic heterocycles. The summed E-state index contributed by atoms with van der Waals surface area (Å²) in [5.74, 6) is 0. The third-order valence-corrected chi connectivity index (χ3v) is 5.04. The molecule has 2 heterocycles. The van der Waals surface area contributed by atoms with E-state index in [0.29, 0.717) is 41.4 Å². The van der Waals surface area contributed by atoms with Gasteiger partial charge in [0, 0.05) is 18.1 Å². The number of fused-ring (bicyclic) bond motifs is 1. The summed E-state index contributed by atoms with van der Waals surface area (Å²) in [6.07, 6.45) is 2.18. The fraction of sp³-hybridized carbons (Fsp3) is 0.190. The molecule has 0 aliphatic rings. The Labute approximate surface area is 166 Å². The number of rotatable bonds is 5. The molecule has 6 nitrogen and oxygen atoms in total. The molecule has 0 bridgehead atoms. The lowest BCUT2D eigenvalue weighted by molar-refractivity contribution is 0.615. The normalized spacial score (nSPS) is 11.2. The van der Waals surface area contributed by atoms with Crippen LogP contribution in [0.2, 0.25) is 5.02 Å². The first-order valence-electron chi connectivity index (χ1n) is 9.10. The van der Waals surface area contributed by atoms with Crippen LogP contribution in [0, 0.1) is 0 Å². The zero-order valence-electron chi connectivity index (χ0n) is 15.4. The van der Waals surface area contributed by atoms with Gasteiger partial charge in [-0.3, -0.25) is 9.36 Å². The predicted octanol–water partition coefficient (Wildman–Crippen LogP) is 3.26. The van der Waals surface area contributed by atoms with Crippen LogP contribution in [-0.2, 0) is 19.5 Å². The van der Waals surface area contributed by atoms with Crippen molar-refractivity contribution in [2.24, 2.45) is 0 Å². The second-order valence-electron chi connectivity index (χ2n) is 6.49. The van der Waals surface area contributed by atoms with Gasteiger partial charge in [0.05, 0.1) is 12.0 Å².